The fourth-order valence-electron chi connectivity index (χ4n) is 2.13. The number of hydrogen-bond acceptors (Lipinski definition) is 5. The third-order valence-electron chi connectivity index (χ3n) is 3.34. The lowest BCUT2D eigenvalue weighted by atomic mass is 10.1. The molecular formula is C17H10BrF3N2O3. The summed E-state index contributed by atoms with van der Waals surface area (Å²) >= 11 is 3.30. The SMILES string of the molecule is O=C(OCc1nnc(-c2ccc(Br)cc2)o1)c1ccccc1C(F)(F)F. The van der Waals surface area contributed by atoms with Gasteiger partial charge in [0.1, 0.15) is 0 Å². The maximum Gasteiger partial charge on any atom is 0.417 e. The first-order valence-corrected chi connectivity index (χ1v) is 8.05. The largest absolute Gasteiger partial charge is 0.452 e. The van der Waals surface area contributed by atoms with Crippen LogP contribution < -0.4 is 0 Å². The predicted molar refractivity (Wildman–Crippen MR) is 88.0 cm³/mol. The van der Waals surface area contributed by atoms with Crippen LogP contribution in [0.25, 0.3) is 11.5 Å². The van der Waals surface area contributed by atoms with Gasteiger partial charge in [-0.05, 0) is 36.4 Å². The number of carbonyl (C=O) groups excluding carboxylic acids is 1. The highest BCUT2D eigenvalue weighted by Gasteiger charge is 2.35. The summed E-state index contributed by atoms with van der Waals surface area (Å²) in [4.78, 5) is 12.0. The maximum absolute atomic E-state index is 12.9. The Morgan fingerprint density at radius 1 is 1.08 bits per heavy atom. The van der Waals surface area contributed by atoms with E-state index in [9.17, 15) is 18.0 Å². The number of alkyl halides is 3. The first kappa shape index (κ1) is 18.1. The van der Waals surface area contributed by atoms with E-state index in [1.807, 2.05) is 0 Å². The van der Waals surface area contributed by atoms with Crippen LogP contribution in [0, 0.1) is 0 Å². The van der Waals surface area contributed by atoms with Crippen LogP contribution in [0.3, 0.4) is 0 Å². The molecule has 0 amide bonds. The van der Waals surface area contributed by atoms with E-state index in [4.69, 9.17) is 9.15 Å². The van der Waals surface area contributed by atoms with Gasteiger partial charge in [0, 0.05) is 10.0 Å². The number of ether oxygens (including phenoxy) is 1. The van der Waals surface area contributed by atoms with Gasteiger partial charge < -0.3 is 9.15 Å². The maximum atomic E-state index is 12.9. The zero-order valence-electron chi connectivity index (χ0n) is 13.0. The molecule has 26 heavy (non-hydrogen) atoms. The number of hydrogen-bond donors (Lipinski definition) is 0. The van der Waals surface area contributed by atoms with Crippen LogP contribution >= 0.6 is 15.9 Å². The Morgan fingerprint density at radius 2 is 1.77 bits per heavy atom. The zero-order valence-corrected chi connectivity index (χ0v) is 14.5. The molecule has 1 aromatic heterocycles. The smallest absolute Gasteiger partial charge is 0.417 e. The van der Waals surface area contributed by atoms with Gasteiger partial charge in [0.2, 0.25) is 5.89 Å². The molecule has 0 bridgehead atoms. The molecule has 0 aliphatic heterocycles. The summed E-state index contributed by atoms with van der Waals surface area (Å²) in [5.41, 5.74) is -0.987. The zero-order chi connectivity index (χ0) is 18.7. The van der Waals surface area contributed by atoms with E-state index in [1.165, 1.54) is 12.1 Å². The molecule has 0 saturated heterocycles. The van der Waals surface area contributed by atoms with Gasteiger partial charge in [0.25, 0.3) is 5.89 Å². The van der Waals surface area contributed by atoms with Crippen LogP contribution in [-0.4, -0.2) is 16.2 Å². The number of nitrogens with zero attached hydrogens (tertiary/aromatic N) is 2. The van der Waals surface area contributed by atoms with Gasteiger partial charge >= 0.3 is 12.1 Å². The third-order valence-corrected chi connectivity index (χ3v) is 3.87. The molecule has 2 aromatic carbocycles. The van der Waals surface area contributed by atoms with Crippen molar-refractivity contribution >= 4 is 21.9 Å². The van der Waals surface area contributed by atoms with E-state index in [2.05, 4.69) is 26.1 Å². The van der Waals surface area contributed by atoms with E-state index in [-0.39, 0.29) is 11.8 Å². The minimum Gasteiger partial charge on any atom is -0.452 e. The van der Waals surface area contributed by atoms with E-state index < -0.39 is 29.9 Å². The summed E-state index contributed by atoms with van der Waals surface area (Å²) in [6, 6.07) is 11.4. The van der Waals surface area contributed by atoms with E-state index in [1.54, 1.807) is 24.3 Å². The van der Waals surface area contributed by atoms with Crippen molar-refractivity contribution in [2.45, 2.75) is 12.8 Å². The second-order valence-electron chi connectivity index (χ2n) is 5.13. The molecule has 0 aliphatic rings. The molecule has 0 fully saturated rings. The summed E-state index contributed by atoms with van der Waals surface area (Å²) in [5, 5.41) is 7.54. The molecule has 0 radical (unpaired) electrons. The summed E-state index contributed by atoms with van der Waals surface area (Å²) < 4.78 is 49.9. The Labute approximate surface area is 153 Å². The molecule has 0 N–H and O–H groups in total. The molecule has 0 aliphatic carbocycles. The summed E-state index contributed by atoms with van der Waals surface area (Å²) in [6.45, 7) is -0.436. The Morgan fingerprint density at radius 3 is 2.46 bits per heavy atom. The van der Waals surface area contributed by atoms with Gasteiger partial charge in [0.05, 0.1) is 11.1 Å². The Hall–Kier alpha value is -2.68. The monoisotopic (exact) mass is 426 g/mol. The number of esters is 1. The normalized spacial score (nSPS) is 11.4. The lowest BCUT2D eigenvalue weighted by Gasteiger charge is -2.11. The van der Waals surface area contributed by atoms with Crippen molar-refractivity contribution in [2.75, 3.05) is 0 Å². The number of benzene rings is 2. The van der Waals surface area contributed by atoms with Crippen molar-refractivity contribution in [3.63, 3.8) is 0 Å². The van der Waals surface area contributed by atoms with Crippen LogP contribution in [-0.2, 0) is 17.5 Å². The van der Waals surface area contributed by atoms with Crippen molar-refractivity contribution in [1.82, 2.24) is 10.2 Å². The molecule has 3 rings (SSSR count). The molecule has 0 unspecified atom stereocenters. The fraction of sp³-hybridized carbons (Fsp3) is 0.118. The van der Waals surface area contributed by atoms with Gasteiger partial charge in [-0.25, -0.2) is 4.79 Å². The molecule has 5 nitrogen and oxygen atoms in total. The van der Waals surface area contributed by atoms with Crippen LogP contribution in [0.4, 0.5) is 13.2 Å². The molecule has 1 heterocycles. The van der Waals surface area contributed by atoms with Gasteiger partial charge in [-0.15, -0.1) is 10.2 Å². The molecular weight excluding hydrogens is 417 g/mol. The van der Waals surface area contributed by atoms with Crippen LogP contribution in [0.15, 0.2) is 57.4 Å². The highest BCUT2D eigenvalue weighted by atomic mass is 79.9. The van der Waals surface area contributed by atoms with Crippen molar-refractivity contribution in [2.24, 2.45) is 0 Å². The second-order valence-corrected chi connectivity index (χ2v) is 6.04. The average molecular weight is 427 g/mol. The minimum absolute atomic E-state index is 0.0271. The van der Waals surface area contributed by atoms with Gasteiger partial charge in [0.15, 0.2) is 6.61 Å². The Balaban J connectivity index is 1.70. The Kier molecular flexibility index (Phi) is 5.08. The summed E-state index contributed by atoms with van der Waals surface area (Å²) in [6.07, 6.45) is -4.66. The Bertz CT molecular complexity index is 924. The predicted octanol–water partition coefficient (Wildman–Crippen LogP) is 4.87. The summed E-state index contributed by atoms with van der Waals surface area (Å²) in [5.74, 6) is -0.943. The van der Waals surface area contributed by atoms with Gasteiger partial charge in [-0.3, -0.25) is 0 Å². The first-order valence-electron chi connectivity index (χ1n) is 7.26. The van der Waals surface area contributed by atoms with Gasteiger partial charge in [-0.1, -0.05) is 28.1 Å². The van der Waals surface area contributed by atoms with Crippen molar-refractivity contribution in [3.8, 4) is 11.5 Å². The van der Waals surface area contributed by atoms with Crippen LogP contribution in [0.5, 0.6) is 0 Å². The molecule has 3 aromatic rings. The fourth-order valence-corrected chi connectivity index (χ4v) is 2.40. The molecule has 0 spiro atoms. The lowest BCUT2D eigenvalue weighted by molar-refractivity contribution is -0.138. The molecule has 9 heteroatoms. The quantitative estimate of drug-likeness (QED) is 0.556. The van der Waals surface area contributed by atoms with E-state index >= 15 is 0 Å². The highest BCUT2D eigenvalue weighted by molar-refractivity contribution is 9.10. The van der Waals surface area contributed by atoms with E-state index in [0.29, 0.717) is 5.56 Å². The van der Waals surface area contributed by atoms with Crippen molar-refractivity contribution in [1.29, 1.82) is 0 Å². The first-order chi connectivity index (χ1) is 12.3. The summed E-state index contributed by atoms with van der Waals surface area (Å²) in [7, 11) is 0. The third kappa shape index (κ3) is 4.10. The number of aromatic nitrogens is 2. The second kappa shape index (κ2) is 7.28. The highest BCUT2D eigenvalue weighted by Crippen LogP contribution is 2.32. The van der Waals surface area contributed by atoms with Crippen molar-refractivity contribution in [3.05, 3.63) is 70.0 Å². The lowest BCUT2D eigenvalue weighted by Crippen LogP contribution is -2.15. The van der Waals surface area contributed by atoms with Crippen LogP contribution in [0.2, 0.25) is 0 Å². The van der Waals surface area contributed by atoms with E-state index in [0.717, 1.165) is 16.6 Å². The number of carbonyl (C=O) groups is 1. The van der Waals surface area contributed by atoms with Crippen LogP contribution in [0.1, 0.15) is 21.8 Å². The number of halogens is 4. The molecule has 134 valence electrons. The molecule has 0 saturated carbocycles. The van der Waals surface area contributed by atoms with Crippen molar-refractivity contribution < 1.29 is 27.1 Å². The standard InChI is InChI=1S/C17H10BrF3N2O3/c18-11-7-5-10(6-8-11)15-23-22-14(26-15)9-25-16(24)12-3-1-2-4-13(12)17(19,20)21/h1-8H,9H2. The number of rotatable bonds is 4. The minimum atomic E-state index is -4.66. The topological polar surface area (TPSA) is 65.2 Å². The average Bonchev–Trinajstić information content (AvgIpc) is 3.08. The molecule has 0 atom stereocenters. The van der Waals surface area contributed by atoms with Gasteiger partial charge in [-0.2, -0.15) is 13.2 Å².